The Balaban J connectivity index is 1.99. The zero-order valence-electron chi connectivity index (χ0n) is 10.5. The van der Waals surface area contributed by atoms with Gasteiger partial charge in [0.05, 0.1) is 0 Å². The molecular weight excluding hydrogens is 244 g/mol. The molecule has 0 saturated carbocycles. The predicted octanol–water partition coefficient (Wildman–Crippen LogP) is 2.98. The zero-order valence-corrected chi connectivity index (χ0v) is 10.5. The molecule has 2 aromatic rings. The highest BCUT2D eigenvalue weighted by Gasteiger charge is 2.20. The summed E-state index contributed by atoms with van der Waals surface area (Å²) >= 11 is 0. The van der Waals surface area contributed by atoms with Gasteiger partial charge >= 0.3 is 0 Å². The average Bonchev–Trinajstić information content (AvgIpc) is 2.85. The predicted molar refractivity (Wildman–Crippen MR) is 69.9 cm³/mol. The van der Waals surface area contributed by atoms with E-state index in [1.807, 2.05) is 19.1 Å². The van der Waals surface area contributed by atoms with Crippen LogP contribution in [0.5, 0.6) is 23.0 Å². The van der Waals surface area contributed by atoms with E-state index in [9.17, 15) is 10.2 Å². The number of fused-ring (bicyclic) bond motifs is 1. The maximum Gasteiger partial charge on any atom is 0.231 e. The lowest BCUT2D eigenvalue weighted by Gasteiger charge is -2.15. The summed E-state index contributed by atoms with van der Waals surface area (Å²) in [6.45, 7) is 2.18. The van der Waals surface area contributed by atoms with Crippen LogP contribution < -0.4 is 9.47 Å². The lowest BCUT2D eigenvalue weighted by atomic mass is 9.92. The Labute approximate surface area is 110 Å². The highest BCUT2D eigenvalue weighted by molar-refractivity contribution is 5.54. The first kappa shape index (κ1) is 11.7. The molecule has 1 unspecified atom stereocenters. The van der Waals surface area contributed by atoms with Gasteiger partial charge in [0.2, 0.25) is 6.79 Å². The first-order valence-corrected chi connectivity index (χ1v) is 6.06. The van der Waals surface area contributed by atoms with E-state index < -0.39 is 0 Å². The molecular formula is C15H14O4. The van der Waals surface area contributed by atoms with E-state index in [4.69, 9.17) is 9.47 Å². The third-order valence-electron chi connectivity index (χ3n) is 3.38. The highest BCUT2D eigenvalue weighted by atomic mass is 16.7. The van der Waals surface area contributed by atoms with Gasteiger partial charge < -0.3 is 19.7 Å². The molecule has 4 nitrogen and oxygen atoms in total. The molecule has 0 amide bonds. The summed E-state index contributed by atoms with van der Waals surface area (Å²) in [5.74, 6) is 1.63. The number of hydrogen-bond acceptors (Lipinski definition) is 4. The second kappa shape index (κ2) is 4.39. The molecule has 3 rings (SSSR count). The van der Waals surface area contributed by atoms with Crippen molar-refractivity contribution in [1.82, 2.24) is 0 Å². The summed E-state index contributed by atoms with van der Waals surface area (Å²) in [5.41, 5.74) is 1.78. The van der Waals surface area contributed by atoms with Gasteiger partial charge in [-0.15, -0.1) is 0 Å². The monoisotopic (exact) mass is 258 g/mol. The van der Waals surface area contributed by atoms with Gasteiger partial charge in [-0.05, 0) is 23.8 Å². The molecule has 0 spiro atoms. The standard InChI is InChI=1S/C15H14O4/c1-9(10-2-4-11(16)5-3-10)12-6-14-15(7-13(12)17)19-8-18-14/h2-7,9,16-17H,8H2,1H3. The third kappa shape index (κ3) is 2.05. The number of benzene rings is 2. The van der Waals surface area contributed by atoms with Gasteiger partial charge in [-0.1, -0.05) is 19.1 Å². The summed E-state index contributed by atoms with van der Waals surface area (Å²) in [6.07, 6.45) is 0. The molecule has 1 heterocycles. The van der Waals surface area contributed by atoms with Crippen LogP contribution in [0, 0.1) is 0 Å². The van der Waals surface area contributed by atoms with Crippen molar-refractivity contribution < 1.29 is 19.7 Å². The fraction of sp³-hybridized carbons (Fsp3) is 0.200. The van der Waals surface area contributed by atoms with Gasteiger partial charge in [0.25, 0.3) is 0 Å². The second-order valence-electron chi connectivity index (χ2n) is 4.58. The molecule has 1 aliphatic heterocycles. The van der Waals surface area contributed by atoms with Crippen molar-refractivity contribution >= 4 is 0 Å². The van der Waals surface area contributed by atoms with Gasteiger partial charge in [0, 0.05) is 17.5 Å². The number of ether oxygens (including phenoxy) is 2. The Hall–Kier alpha value is -2.36. The van der Waals surface area contributed by atoms with E-state index in [1.54, 1.807) is 24.3 Å². The lowest BCUT2D eigenvalue weighted by molar-refractivity contribution is 0.174. The molecule has 1 atom stereocenters. The van der Waals surface area contributed by atoms with Crippen LogP contribution in [0.15, 0.2) is 36.4 Å². The average molecular weight is 258 g/mol. The molecule has 19 heavy (non-hydrogen) atoms. The van der Waals surface area contributed by atoms with Gasteiger partial charge in [0.1, 0.15) is 11.5 Å². The Bertz CT molecular complexity index is 604. The van der Waals surface area contributed by atoms with E-state index >= 15 is 0 Å². The Morgan fingerprint density at radius 3 is 2.32 bits per heavy atom. The minimum atomic E-state index is -0.00454. The van der Waals surface area contributed by atoms with E-state index in [0.29, 0.717) is 11.5 Å². The molecule has 2 N–H and O–H groups in total. The van der Waals surface area contributed by atoms with Gasteiger partial charge in [-0.3, -0.25) is 0 Å². The first-order chi connectivity index (χ1) is 9.15. The van der Waals surface area contributed by atoms with E-state index in [1.165, 1.54) is 0 Å². The van der Waals surface area contributed by atoms with Gasteiger partial charge in [0.15, 0.2) is 11.5 Å². The normalized spacial score (nSPS) is 14.4. The first-order valence-electron chi connectivity index (χ1n) is 6.06. The molecule has 0 aromatic heterocycles. The smallest absolute Gasteiger partial charge is 0.231 e. The van der Waals surface area contributed by atoms with Crippen molar-refractivity contribution in [2.75, 3.05) is 6.79 Å². The van der Waals surface area contributed by atoms with Crippen LogP contribution in [0.25, 0.3) is 0 Å². The van der Waals surface area contributed by atoms with Gasteiger partial charge in [-0.25, -0.2) is 0 Å². The maximum atomic E-state index is 10.1. The van der Waals surface area contributed by atoms with E-state index in [0.717, 1.165) is 11.1 Å². The quantitative estimate of drug-likeness (QED) is 0.869. The summed E-state index contributed by atoms with van der Waals surface area (Å²) < 4.78 is 10.5. The molecule has 98 valence electrons. The number of rotatable bonds is 2. The Kier molecular flexibility index (Phi) is 2.71. The van der Waals surface area contributed by atoms with Crippen molar-refractivity contribution in [2.24, 2.45) is 0 Å². The molecule has 2 aromatic carbocycles. The fourth-order valence-electron chi connectivity index (χ4n) is 2.24. The van der Waals surface area contributed by atoms with Gasteiger partial charge in [-0.2, -0.15) is 0 Å². The molecule has 1 aliphatic rings. The van der Waals surface area contributed by atoms with Crippen LogP contribution in [0.2, 0.25) is 0 Å². The fourth-order valence-corrected chi connectivity index (χ4v) is 2.24. The summed E-state index contributed by atoms with van der Waals surface area (Å²) in [7, 11) is 0. The van der Waals surface area contributed by atoms with Crippen LogP contribution in [-0.4, -0.2) is 17.0 Å². The van der Waals surface area contributed by atoms with Crippen LogP contribution >= 0.6 is 0 Å². The Morgan fingerprint density at radius 2 is 1.63 bits per heavy atom. The second-order valence-corrected chi connectivity index (χ2v) is 4.58. The summed E-state index contributed by atoms with van der Waals surface area (Å²) in [4.78, 5) is 0. The van der Waals surface area contributed by atoms with Crippen molar-refractivity contribution in [3.05, 3.63) is 47.5 Å². The van der Waals surface area contributed by atoms with Crippen LogP contribution in [0.4, 0.5) is 0 Å². The molecule has 0 saturated heterocycles. The number of aromatic hydroxyl groups is 2. The third-order valence-corrected chi connectivity index (χ3v) is 3.38. The van der Waals surface area contributed by atoms with Crippen molar-refractivity contribution in [2.45, 2.75) is 12.8 Å². The molecule has 4 heteroatoms. The van der Waals surface area contributed by atoms with Crippen LogP contribution in [0.3, 0.4) is 0 Å². The summed E-state index contributed by atoms with van der Waals surface area (Å²) in [5, 5.41) is 19.4. The van der Waals surface area contributed by atoms with Crippen LogP contribution in [-0.2, 0) is 0 Å². The minimum Gasteiger partial charge on any atom is -0.508 e. The minimum absolute atomic E-state index is 0.00454. The van der Waals surface area contributed by atoms with Crippen molar-refractivity contribution in [3.63, 3.8) is 0 Å². The number of phenolic OH excluding ortho intramolecular Hbond substituents is 2. The van der Waals surface area contributed by atoms with E-state index in [2.05, 4.69) is 0 Å². The maximum absolute atomic E-state index is 10.1. The molecule has 0 bridgehead atoms. The number of phenols is 2. The lowest BCUT2D eigenvalue weighted by Crippen LogP contribution is -1.96. The highest BCUT2D eigenvalue weighted by Crippen LogP contribution is 2.41. The van der Waals surface area contributed by atoms with Crippen molar-refractivity contribution in [1.29, 1.82) is 0 Å². The molecule has 0 radical (unpaired) electrons. The molecule has 0 fully saturated rings. The topological polar surface area (TPSA) is 58.9 Å². The van der Waals surface area contributed by atoms with E-state index in [-0.39, 0.29) is 24.2 Å². The SMILES string of the molecule is CC(c1ccc(O)cc1)c1cc2c(cc1O)OCO2. The molecule has 0 aliphatic carbocycles. The Morgan fingerprint density at radius 1 is 1.00 bits per heavy atom. The number of hydrogen-bond donors (Lipinski definition) is 2. The zero-order chi connectivity index (χ0) is 13.4. The summed E-state index contributed by atoms with van der Waals surface area (Å²) in [6, 6.07) is 10.3. The van der Waals surface area contributed by atoms with Crippen molar-refractivity contribution in [3.8, 4) is 23.0 Å². The van der Waals surface area contributed by atoms with Crippen LogP contribution in [0.1, 0.15) is 24.0 Å². The largest absolute Gasteiger partial charge is 0.508 e.